The molecule has 2 aromatic rings. The summed E-state index contributed by atoms with van der Waals surface area (Å²) in [6.45, 7) is 0. The van der Waals surface area contributed by atoms with Gasteiger partial charge in [0, 0.05) is 5.56 Å². The van der Waals surface area contributed by atoms with Gasteiger partial charge in [0.2, 0.25) is 0 Å². The molecular weight excluding hydrogens is 351 g/mol. The number of hydrogen-bond donors (Lipinski definition) is 1. The van der Waals surface area contributed by atoms with Crippen LogP contribution in [0.4, 0.5) is 18.9 Å². The lowest BCUT2D eigenvalue weighted by atomic mass is 10.1. The zero-order valence-corrected chi connectivity index (χ0v) is 12.4. The number of carbonyl (C=O) groups is 2. The molecule has 0 bridgehead atoms. The number of anilines is 1. The Kier molecular flexibility index (Phi) is 3.84. The van der Waals surface area contributed by atoms with Crippen LogP contribution in [0.1, 0.15) is 20.7 Å². The van der Waals surface area contributed by atoms with Crippen molar-refractivity contribution in [3.8, 4) is 11.5 Å². The molecule has 0 aliphatic carbocycles. The van der Waals surface area contributed by atoms with Crippen LogP contribution in [0.25, 0.3) is 0 Å². The molecule has 2 aromatic carbocycles. The number of halogens is 4. The molecular formula is C15H7ClF3NO4. The Hall–Kier alpha value is -2.74. The van der Waals surface area contributed by atoms with Crippen molar-refractivity contribution in [3.63, 3.8) is 0 Å². The highest BCUT2D eigenvalue weighted by molar-refractivity contribution is 6.67. The lowest BCUT2D eigenvalue weighted by Crippen LogP contribution is -2.25. The van der Waals surface area contributed by atoms with Gasteiger partial charge in [-0.05, 0) is 41.9 Å². The lowest BCUT2D eigenvalue weighted by molar-refractivity contribution is -0.286. The lowest BCUT2D eigenvalue weighted by Gasteiger charge is -2.08. The van der Waals surface area contributed by atoms with Crippen molar-refractivity contribution in [2.75, 3.05) is 5.32 Å². The van der Waals surface area contributed by atoms with Gasteiger partial charge in [-0.1, -0.05) is 6.07 Å². The molecule has 0 fully saturated rings. The summed E-state index contributed by atoms with van der Waals surface area (Å²) in [5, 5.41) is 1.21. The molecule has 0 unspecified atom stereocenters. The van der Waals surface area contributed by atoms with Crippen LogP contribution in [0.3, 0.4) is 0 Å². The Labute approximate surface area is 137 Å². The average Bonchev–Trinajstić information content (AvgIpc) is 2.81. The normalized spacial score (nSPS) is 14.3. The van der Waals surface area contributed by atoms with Gasteiger partial charge in [-0.3, -0.25) is 9.59 Å². The second kappa shape index (κ2) is 5.72. The van der Waals surface area contributed by atoms with Crippen molar-refractivity contribution >= 4 is 28.4 Å². The maximum atomic E-state index is 14.1. The highest BCUT2D eigenvalue weighted by Gasteiger charge is 2.43. The van der Waals surface area contributed by atoms with E-state index in [1.807, 2.05) is 0 Å². The van der Waals surface area contributed by atoms with Crippen LogP contribution in [0.5, 0.6) is 11.5 Å². The van der Waals surface area contributed by atoms with E-state index < -0.39 is 28.8 Å². The van der Waals surface area contributed by atoms with Crippen LogP contribution in [0.2, 0.25) is 0 Å². The summed E-state index contributed by atoms with van der Waals surface area (Å²) in [7, 11) is 0. The van der Waals surface area contributed by atoms with Gasteiger partial charge >= 0.3 is 6.29 Å². The molecule has 3 rings (SSSR count). The van der Waals surface area contributed by atoms with Gasteiger partial charge in [-0.25, -0.2) is 4.39 Å². The highest BCUT2D eigenvalue weighted by atomic mass is 35.5. The third-order valence-electron chi connectivity index (χ3n) is 3.12. The van der Waals surface area contributed by atoms with Gasteiger partial charge in [0.1, 0.15) is 0 Å². The third kappa shape index (κ3) is 3.00. The minimum absolute atomic E-state index is 0.0722. The molecule has 0 atom stereocenters. The molecule has 1 N–H and O–H groups in total. The SMILES string of the molecule is O=C(Nc1cccc(C(=O)Cl)c1F)c1ccc2c(c1)OC(F)(F)O2. The van der Waals surface area contributed by atoms with Crippen molar-refractivity contribution in [2.24, 2.45) is 0 Å². The molecule has 5 nitrogen and oxygen atoms in total. The van der Waals surface area contributed by atoms with Gasteiger partial charge in [-0.15, -0.1) is 8.78 Å². The minimum Gasteiger partial charge on any atom is -0.395 e. The Morgan fingerprint density at radius 1 is 1.08 bits per heavy atom. The fourth-order valence-corrected chi connectivity index (χ4v) is 2.21. The Morgan fingerprint density at radius 2 is 1.79 bits per heavy atom. The van der Waals surface area contributed by atoms with Crippen molar-refractivity contribution in [3.05, 3.63) is 53.3 Å². The van der Waals surface area contributed by atoms with Gasteiger partial charge in [0.25, 0.3) is 11.1 Å². The Morgan fingerprint density at radius 3 is 2.50 bits per heavy atom. The number of rotatable bonds is 3. The summed E-state index contributed by atoms with van der Waals surface area (Å²) < 4.78 is 48.4. The highest BCUT2D eigenvalue weighted by Crippen LogP contribution is 2.41. The second-order valence-corrected chi connectivity index (χ2v) is 5.07. The number of hydrogen-bond acceptors (Lipinski definition) is 4. The van der Waals surface area contributed by atoms with E-state index in [-0.39, 0.29) is 22.7 Å². The van der Waals surface area contributed by atoms with E-state index in [1.165, 1.54) is 18.2 Å². The smallest absolute Gasteiger partial charge is 0.395 e. The predicted octanol–water partition coefficient (Wildman–Crippen LogP) is 3.78. The number of fused-ring (bicyclic) bond motifs is 1. The van der Waals surface area contributed by atoms with E-state index in [0.29, 0.717) is 0 Å². The van der Waals surface area contributed by atoms with Crippen LogP contribution in [0, 0.1) is 5.82 Å². The van der Waals surface area contributed by atoms with Crippen molar-refractivity contribution in [1.82, 2.24) is 0 Å². The number of carbonyl (C=O) groups excluding carboxylic acids is 2. The van der Waals surface area contributed by atoms with Gasteiger partial charge in [0.15, 0.2) is 17.3 Å². The minimum atomic E-state index is -3.81. The number of benzene rings is 2. The number of amides is 1. The summed E-state index contributed by atoms with van der Waals surface area (Å²) in [4.78, 5) is 23.2. The monoisotopic (exact) mass is 357 g/mol. The second-order valence-electron chi connectivity index (χ2n) is 4.72. The van der Waals surface area contributed by atoms with E-state index in [2.05, 4.69) is 14.8 Å². The van der Waals surface area contributed by atoms with Crippen LogP contribution in [-0.4, -0.2) is 17.4 Å². The average molecular weight is 358 g/mol. The Bertz CT molecular complexity index is 857. The first kappa shape index (κ1) is 16.1. The van der Waals surface area contributed by atoms with Gasteiger partial charge in [-0.2, -0.15) is 0 Å². The molecule has 1 amide bonds. The zero-order valence-electron chi connectivity index (χ0n) is 11.6. The summed E-state index contributed by atoms with van der Waals surface area (Å²) in [5.41, 5.74) is -0.758. The molecule has 124 valence electrons. The summed E-state index contributed by atoms with van der Waals surface area (Å²) in [5.74, 6) is -2.34. The van der Waals surface area contributed by atoms with E-state index >= 15 is 0 Å². The molecule has 0 saturated carbocycles. The van der Waals surface area contributed by atoms with Crippen molar-refractivity contribution < 1.29 is 32.2 Å². The number of ether oxygens (including phenoxy) is 2. The predicted molar refractivity (Wildman–Crippen MR) is 77.2 cm³/mol. The maximum Gasteiger partial charge on any atom is 0.586 e. The van der Waals surface area contributed by atoms with Crippen LogP contribution >= 0.6 is 11.6 Å². The fourth-order valence-electron chi connectivity index (χ4n) is 2.07. The first-order chi connectivity index (χ1) is 11.3. The van der Waals surface area contributed by atoms with Gasteiger partial charge in [0.05, 0.1) is 11.3 Å². The Balaban J connectivity index is 1.85. The van der Waals surface area contributed by atoms with Crippen LogP contribution < -0.4 is 14.8 Å². The van der Waals surface area contributed by atoms with Crippen LogP contribution in [-0.2, 0) is 0 Å². The molecule has 0 aromatic heterocycles. The van der Waals surface area contributed by atoms with E-state index in [9.17, 15) is 22.8 Å². The van der Waals surface area contributed by atoms with Crippen molar-refractivity contribution in [2.45, 2.75) is 6.29 Å². The standard InChI is InChI=1S/C15H7ClF3NO4/c16-13(21)8-2-1-3-9(12(8)17)20-14(22)7-4-5-10-11(6-7)24-15(18,19)23-10/h1-6H,(H,20,22). The fraction of sp³-hybridized carbons (Fsp3) is 0.0667. The topological polar surface area (TPSA) is 64.6 Å². The van der Waals surface area contributed by atoms with Crippen LogP contribution in [0.15, 0.2) is 36.4 Å². The molecule has 9 heteroatoms. The molecule has 0 radical (unpaired) electrons. The molecule has 1 heterocycles. The summed E-state index contributed by atoms with van der Waals surface area (Å²) >= 11 is 5.23. The quantitative estimate of drug-likeness (QED) is 0.849. The maximum absolute atomic E-state index is 14.1. The number of alkyl halides is 2. The molecule has 0 saturated heterocycles. The van der Waals surface area contributed by atoms with Gasteiger partial charge < -0.3 is 14.8 Å². The first-order valence-corrected chi connectivity index (χ1v) is 6.84. The van der Waals surface area contributed by atoms with E-state index in [4.69, 9.17) is 11.6 Å². The largest absolute Gasteiger partial charge is 0.586 e. The zero-order chi connectivity index (χ0) is 17.5. The van der Waals surface area contributed by atoms with E-state index in [0.717, 1.165) is 18.2 Å². The molecule has 1 aliphatic heterocycles. The molecule has 1 aliphatic rings. The van der Waals surface area contributed by atoms with Crippen molar-refractivity contribution in [1.29, 1.82) is 0 Å². The first-order valence-electron chi connectivity index (χ1n) is 6.46. The van der Waals surface area contributed by atoms with E-state index in [1.54, 1.807) is 0 Å². The summed E-state index contributed by atoms with van der Waals surface area (Å²) in [6, 6.07) is 7.06. The summed E-state index contributed by atoms with van der Waals surface area (Å²) in [6.07, 6.45) is -3.81. The molecule has 0 spiro atoms. The number of nitrogens with one attached hydrogen (secondary N) is 1. The molecule has 24 heavy (non-hydrogen) atoms. The third-order valence-corrected chi connectivity index (χ3v) is 3.33.